The summed E-state index contributed by atoms with van der Waals surface area (Å²) in [6.45, 7) is 4.39. The topological polar surface area (TPSA) is 187 Å². The van der Waals surface area contributed by atoms with Crippen LogP contribution >= 0.6 is 31.1 Å². The summed E-state index contributed by atoms with van der Waals surface area (Å²) in [6.07, 6.45) is -3.13. The van der Waals surface area contributed by atoms with Gasteiger partial charge in [0.1, 0.15) is 17.1 Å². The number of carbonyl (C=O) groups excluding carboxylic acids is 2. The molecule has 5 atom stereocenters. The van der Waals surface area contributed by atoms with Crippen LogP contribution in [0.3, 0.4) is 0 Å². The number of ether oxygens (including phenoxy) is 2. The van der Waals surface area contributed by atoms with Crippen molar-refractivity contribution in [1.82, 2.24) is 20.0 Å². The fourth-order valence-corrected chi connectivity index (χ4v) is 6.52. The number of thioether (sulfide) groups is 1. The van der Waals surface area contributed by atoms with Gasteiger partial charge in [-0.3, -0.25) is 28.2 Å². The van der Waals surface area contributed by atoms with Crippen molar-refractivity contribution in [2.75, 3.05) is 32.6 Å². The van der Waals surface area contributed by atoms with E-state index in [0.717, 1.165) is 28.0 Å². The summed E-state index contributed by atoms with van der Waals surface area (Å²) in [5, 5.41) is 15.9. The standard InChI is InChI=1S/C26H36ClN4O10PS/c1-25(2,16-28-24(36)38-4)22(34)43-13-12-39-42(37,29-14-17-8-6-5-7-9-17)40-15-18-20(33)26(3,27)21(41-18)31-11-10-19(32)30-23(31)35/h5-11,18,20-21,33H,12-16H2,1-4H3,(H,28,36)(H,29,37)(H,30,32,35)/t18-,20-,21-,26-,42?/m1/s1. The molecule has 14 nitrogen and oxygen atoms in total. The van der Waals surface area contributed by atoms with Gasteiger partial charge in [-0.2, -0.15) is 0 Å². The molecule has 4 N–H and O–H groups in total. The van der Waals surface area contributed by atoms with Gasteiger partial charge in [0, 0.05) is 31.1 Å². The lowest BCUT2D eigenvalue weighted by molar-refractivity contribution is -0.117. The molecule has 1 amide bonds. The van der Waals surface area contributed by atoms with Gasteiger partial charge >= 0.3 is 19.5 Å². The quantitative estimate of drug-likeness (QED) is 0.132. The van der Waals surface area contributed by atoms with Crippen molar-refractivity contribution in [2.24, 2.45) is 5.41 Å². The van der Waals surface area contributed by atoms with Crippen molar-refractivity contribution in [3.8, 4) is 0 Å². The van der Waals surface area contributed by atoms with Crippen LogP contribution in [0.1, 0.15) is 32.6 Å². The van der Waals surface area contributed by atoms with Crippen LogP contribution in [0.15, 0.2) is 52.2 Å². The number of H-pyrrole nitrogens is 1. The van der Waals surface area contributed by atoms with Gasteiger partial charge in [-0.25, -0.2) is 19.2 Å². The molecule has 1 aromatic carbocycles. The first-order chi connectivity index (χ1) is 20.2. The summed E-state index contributed by atoms with van der Waals surface area (Å²) in [7, 11) is -2.82. The third-order valence-electron chi connectivity index (χ3n) is 6.54. The number of aromatic amines is 1. The van der Waals surface area contributed by atoms with Crippen LogP contribution in [-0.2, 0) is 34.4 Å². The van der Waals surface area contributed by atoms with E-state index in [2.05, 4.69) is 20.1 Å². The molecule has 43 heavy (non-hydrogen) atoms. The Labute approximate surface area is 257 Å². The Morgan fingerprint density at radius 2 is 1.93 bits per heavy atom. The number of carbonyl (C=O) groups is 2. The lowest BCUT2D eigenvalue weighted by atomic mass is 9.96. The predicted molar refractivity (Wildman–Crippen MR) is 160 cm³/mol. The Hall–Kier alpha value is -2.49. The molecule has 17 heteroatoms. The lowest BCUT2D eigenvalue weighted by Gasteiger charge is -2.26. The Bertz CT molecular complexity index is 1420. The number of nitrogens with zero attached hydrogens (tertiary/aromatic N) is 1. The largest absolute Gasteiger partial charge is 0.453 e. The number of hydrogen-bond donors (Lipinski definition) is 4. The van der Waals surface area contributed by atoms with Gasteiger partial charge in [0.2, 0.25) is 0 Å². The summed E-state index contributed by atoms with van der Waals surface area (Å²) in [6, 6.07) is 10.2. The first-order valence-electron chi connectivity index (χ1n) is 13.2. The van der Waals surface area contributed by atoms with Gasteiger partial charge in [-0.05, 0) is 12.5 Å². The number of alkyl halides is 1. The molecular formula is C26H36ClN4O10PS. The number of amides is 1. The van der Waals surface area contributed by atoms with E-state index >= 15 is 0 Å². The zero-order valence-electron chi connectivity index (χ0n) is 24.1. The minimum absolute atomic E-state index is 0.0575. The normalized spacial score (nSPS) is 23.4. The highest BCUT2D eigenvalue weighted by molar-refractivity contribution is 8.13. The highest BCUT2D eigenvalue weighted by Crippen LogP contribution is 2.47. The van der Waals surface area contributed by atoms with E-state index in [4.69, 9.17) is 25.4 Å². The van der Waals surface area contributed by atoms with Crippen LogP contribution in [-0.4, -0.2) is 75.6 Å². The Balaban J connectivity index is 1.65. The van der Waals surface area contributed by atoms with Crippen molar-refractivity contribution < 1.29 is 37.8 Å². The van der Waals surface area contributed by atoms with Crippen molar-refractivity contribution in [3.63, 3.8) is 0 Å². The zero-order valence-corrected chi connectivity index (χ0v) is 26.6. The van der Waals surface area contributed by atoms with Crippen LogP contribution in [0, 0.1) is 5.41 Å². The molecule has 1 saturated heterocycles. The molecule has 0 spiro atoms. The van der Waals surface area contributed by atoms with Gasteiger partial charge < -0.3 is 19.9 Å². The Morgan fingerprint density at radius 1 is 1.23 bits per heavy atom. The number of nitrogens with one attached hydrogen (secondary N) is 3. The van der Waals surface area contributed by atoms with Crippen molar-refractivity contribution >= 4 is 42.3 Å². The van der Waals surface area contributed by atoms with E-state index in [1.165, 1.54) is 20.2 Å². The SMILES string of the molecule is COC(=O)NCC(C)(C)C(=O)SCCOP(=O)(NCc1ccccc1)OC[C@H]1O[C@@H](n2ccc(=O)[nH]c2=O)[C@](C)(Cl)[C@@H]1O. The molecule has 1 aliphatic rings. The number of benzene rings is 1. The molecule has 1 fully saturated rings. The number of alkyl carbamates (subject to hydrolysis) is 1. The van der Waals surface area contributed by atoms with Crippen LogP contribution in [0.2, 0.25) is 0 Å². The molecule has 238 valence electrons. The van der Waals surface area contributed by atoms with Gasteiger partial charge in [-0.1, -0.05) is 55.9 Å². The monoisotopic (exact) mass is 662 g/mol. The molecule has 0 radical (unpaired) electrons. The number of methoxy groups -OCH3 is 1. The number of rotatable bonds is 14. The Kier molecular flexibility index (Phi) is 12.2. The van der Waals surface area contributed by atoms with E-state index in [9.17, 15) is 28.8 Å². The van der Waals surface area contributed by atoms with Crippen LogP contribution in [0.25, 0.3) is 0 Å². The summed E-state index contributed by atoms with van der Waals surface area (Å²) < 4.78 is 36.4. The summed E-state index contributed by atoms with van der Waals surface area (Å²) in [5.41, 5.74) is -1.51. The molecule has 0 bridgehead atoms. The first kappa shape index (κ1) is 35.0. The van der Waals surface area contributed by atoms with Crippen molar-refractivity contribution in [1.29, 1.82) is 0 Å². The second-order valence-corrected chi connectivity index (χ2v) is 14.2. The van der Waals surface area contributed by atoms with E-state index in [1.54, 1.807) is 13.8 Å². The van der Waals surface area contributed by atoms with Gasteiger partial charge in [0.05, 0.1) is 25.7 Å². The minimum Gasteiger partial charge on any atom is -0.453 e. The number of hydrogen-bond acceptors (Lipinski definition) is 11. The molecule has 1 aromatic heterocycles. The number of aliphatic hydroxyl groups is 1. The van der Waals surface area contributed by atoms with E-state index in [1.807, 2.05) is 30.3 Å². The maximum Gasteiger partial charge on any atom is 0.406 e. The Morgan fingerprint density at radius 3 is 2.58 bits per heavy atom. The van der Waals surface area contributed by atoms with Gasteiger partial charge in [-0.15, -0.1) is 11.6 Å². The van der Waals surface area contributed by atoms with Crippen LogP contribution in [0.4, 0.5) is 4.79 Å². The predicted octanol–water partition coefficient (Wildman–Crippen LogP) is 2.37. The molecule has 2 aromatic rings. The second kappa shape index (κ2) is 15.0. The second-order valence-electron chi connectivity index (χ2n) is 10.5. The molecule has 0 saturated carbocycles. The van der Waals surface area contributed by atoms with Gasteiger partial charge in [0.15, 0.2) is 11.3 Å². The van der Waals surface area contributed by atoms with Crippen molar-refractivity contribution in [2.45, 2.75) is 50.6 Å². The third kappa shape index (κ3) is 9.50. The smallest absolute Gasteiger partial charge is 0.406 e. The number of aliphatic hydroxyl groups excluding tert-OH is 1. The summed E-state index contributed by atoms with van der Waals surface area (Å²) >= 11 is 7.51. The molecule has 1 aliphatic heterocycles. The van der Waals surface area contributed by atoms with Gasteiger partial charge in [0.25, 0.3) is 5.56 Å². The summed E-state index contributed by atoms with van der Waals surface area (Å²) in [4.78, 5) is 48.5. The number of halogens is 1. The zero-order chi connectivity index (χ0) is 31.8. The fourth-order valence-electron chi connectivity index (χ4n) is 3.97. The molecule has 3 rings (SSSR count). The van der Waals surface area contributed by atoms with E-state index < -0.39 is 60.4 Å². The van der Waals surface area contributed by atoms with E-state index in [0.29, 0.717) is 0 Å². The van der Waals surface area contributed by atoms with Crippen LogP contribution < -0.4 is 21.7 Å². The molecule has 0 aliphatic carbocycles. The highest BCUT2D eigenvalue weighted by atomic mass is 35.5. The minimum atomic E-state index is -4.04. The average molecular weight is 663 g/mol. The number of aromatic nitrogens is 2. The highest BCUT2D eigenvalue weighted by Gasteiger charge is 2.54. The van der Waals surface area contributed by atoms with Crippen LogP contribution in [0.5, 0.6) is 0 Å². The molecule has 2 heterocycles. The lowest BCUT2D eigenvalue weighted by Crippen LogP contribution is -2.43. The maximum absolute atomic E-state index is 13.7. The van der Waals surface area contributed by atoms with E-state index in [-0.39, 0.29) is 30.6 Å². The molecule has 1 unspecified atom stereocenters. The third-order valence-corrected chi connectivity index (χ3v) is 9.69. The first-order valence-corrected chi connectivity index (χ1v) is 16.1. The maximum atomic E-state index is 13.7. The average Bonchev–Trinajstić information content (AvgIpc) is 3.20. The van der Waals surface area contributed by atoms with Crippen molar-refractivity contribution in [3.05, 3.63) is 69.0 Å². The fraction of sp³-hybridized carbons (Fsp3) is 0.538. The summed E-state index contributed by atoms with van der Waals surface area (Å²) in [5.74, 6) is 0.125. The molecular weight excluding hydrogens is 627 g/mol.